The third kappa shape index (κ3) is 3.41. The predicted octanol–water partition coefficient (Wildman–Crippen LogP) is 2.65. The molecule has 110 valence electrons. The Bertz CT molecular complexity index is 487. The highest BCUT2D eigenvalue weighted by Crippen LogP contribution is 2.17. The van der Waals surface area contributed by atoms with Gasteiger partial charge in [0.05, 0.1) is 17.7 Å². The van der Waals surface area contributed by atoms with Gasteiger partial charge in [0.25, 0.3) is 0 Å². The van der Waals surface area contributed by atoms with Crippen molar-refractivity contribution < 1.29 is 18.3 Å². The van der Waals surface area contributed by atoms with E-state index in [9.17, 15) is 13.6 Å². The number of likely N-dealkylation sites (N-methyl/N-ethyl adjacent to an activating group) is 1. The highest BCUT2D eigenvalue weighted by atomic mass is 19.1. The highest BCUT2D eigenvalue weighted by Gasteiger charge is 2.26. The van der Waals surface area contributed by atoms with E-state index >= 15 is 0 Å². The van der Waals surface area contributed by atoms with E-state index < -0.39 is 17.7 Å². The lowest BCUT2D eigenvalue weighted by Gasteiger charge is -2.26. The minimum atomic E-state index is -0.813. The van der Waals surface area contributed by atoms with Crippen LogP contribution in [0.3, 0.4) is 0 Å². The Labute approximate surface area is 117 Å². The molecular formula is C15H19F2NO2. The summed E-state index contributed by atoms with van der Waals surface area (Å²) in [4.78, 5) is 14.1. The van der Waals surface area contributed by atoms with Crippen molar-refractivity contribution in [3.05, 3.63) is 35.4 Å². The van der Waals surface area contributed by atoms with Gasteiger partial charge in [0.1, 0.15) is 11.6 Å². The van der Waals surface area contributed by atoms with Gasteiger partial charge in [0.2, 0.25) is 0 Å². The molecule has 0 aliphatic carbocycles. The Morgan fingerprint density at radius 2 is 2.25 bits per heavy atom. The number of nitrogens with zero attached hydrogens (tertiary/aromatic N) is 1. The summed E-state index contributed by atoms with van der Waals surface area (Å²) < 4.78 is 32.0. The zero-order valence-electron chi connectivity index (χ0n) is 11.7. The lowest BCUT2D eigenvalue weighted by molar-refractivity contribution is 0.0618. The normalized spacial score (nSPS) is 20.4. The largest absolute Gasteiger partial charge is 0.377 e. The third-order valence-corrected chi connectivity index (χ3v) is 3.75. The smallest absolute Gasteiger partial charge is 0.182 e. The number of carbonyl (C=O) groups is 1. The van der Waals surface area contributed by atoms with Gasteiger partial charge in [-0.25, -0.2) is 8.78 Å². The number of Topliss-reactive ketones (excluding diaryl/α,β-unsaturated/α-hetero) is 1. The van der Waals surface area contributed by atoms with Crippen molar-refractivity contribution in [3.8, 4) is 0 Å². The molecule has 1 saturated heterocycles. The summed E-state index contributed by atoms with van der Waals surface area (Å²) in [6.45, 7) is 3.11. The van der Waals surface area contributed by atoms with Gasteiger partial charge in [-0.15, -0.1) is 0 Å². The fourth-order valence-corrected chi connectivity index (χ4v) is 2.38. The molecule has 2 unspecified atom stereocenters. The fourth-order valence-electron chi connectivity index (χ4n) is 2.38. The molecule has 20 heavy (non-hydrogen) atoms. The first-order valence-corrected chi connectivity index (χ1v) is 6.80. The molecule has 1 aromatic rings. The molecule has 1 aliphatic heterocycles. The van der Waals surface area contributed by atoms with Gasteiger partial charge in [0, 0.05) is 19.2 Å². The van der Waals surface area contributed by atoms with Crippen LogP contribution in [0.4, 0.5) is 8.78 Å². The van der Waals surface area contributed by atoms with Crippen LogP contribution in [0, 0.1) is 11.6 Å². The Kier molecular flexibility index (Phi) is 4.83. The van der Waals surface area contributed by atoms with Crippen molar-refractivity contribution in [2.24, 2.45) is 0 Å². The minimum absolute atomic E-state index is 0.0712. The number of benzene rings is 1. The molecule has 0 radical (unpaired) electrons. The van der Waals surface area contributed by atoms with Gasteiger partial charge in [-0.3, -0.25) is 9.69 Å². The second kappa shape index (κ2) is 6.41. The fraction of sp³-hybridized carbons (Fsp3) is 0.533. The van der Waals surface area contributed by atoms with E-state index in [0.717, 1.165) is 31.6 Å². The van der Waals surface area contributed by atoms with E-state index in [4.69, 9.17) is 4.74 Å². The lowest BCUT2D eigenvalue weighted by Crippen LogP contribution is -2.40. The Morgan fingerprint density at radius 3 is 2.85 bits per heavy atom. The van der Waals surface area contributed by atoms with Crippen LogP contribution in [0.25, 0.3) is 0 Å². The zero-order chi connectivity index (χ0) is 14.7. The van der Waals surface area contributed by atoms with Crippen LogP contribution in [0.2, 0.25) is 0 Å². The van der Waals surface area contributed by atoms with Crippen molar-refractivity contribution in [2.45, 2.75) is 31.9 Å². The average molecular weight is 283 g/mol. The second-order valence-electron chi connectivity index (χ2n) is 5.24. The molecule has 1 fully saturated rings. The van der Waals surface area contributed by atoms with Gasteiger partial charge >= 0.3 is 0 Å². The molecule has 2 rings (SSSR count). The summed E-state index contributed by atoms with van der Waals surface area (Å²) in [5.41, 5.74) is -0.0712. The predicted molar refractivity (Wildman–Crippen MR) is 71.8 cm³/mol. The number of halogens is 2. The number of carbonyl (C=O) groups excluding carboxylic acids is 1. The average Bonchev–Trinajstić information content (AvgIpc) is 2.90. The molecule has 1 aliphatic rings. The lowest BCUT2D eigenvalue weighted by atomic mass is 10.0. The van der Waals surface area contributed by atoms with Gasteiger partial charge in [-0.2, -0.15) is 0 Å². The topological polar surface area (TPSA) is 29.5 Å². The van der Waals surface area contributed by atoms with Crippen LogP contribution < -0.4 is 0 Å². The van der Waals surface area contributed by atoms with Crippen molar-refractivity contribution in [1.29, 1.82) is 0 Å². The molecule has 1 heterocycles. The van der Waals surface area contributed by atoms with Crippen LogP contribution in [-0.4, -0.2) is 43.0 Å². The van der Waals surface area contributed by atoms with Crippen molar-refractivity contribution in [2.75, 3.05) is 20.2 Å². The molecule has 0 spiro atoms. The van der Waals surface area contributed by atoms with Crippen LogP contribution in [0.5, 0.6) is 0 Å². The van der Waals surface area contributed by atoms with Gasteiger partial charge < -0.3 is 4.74 Å². The Morgan fingerprint density at radius 1 is 1.50 bits per heavy atom. The molecule has 0 saturated carbocycles. The summed E-state index contributed by atoms with van der Waals surface area (Å²) in [6, 6.07) is 2.56. The van der Waals surface area contributed by atoms with Crippen LogP contribution >= 0.6 is 0 Å². The minimum Gasteiger partial charge on any atom is -0.377 e. The summed E-state index contributed by atoms with van der Waals surface area (Å²) in [5.74, 6) is -1.84. The molecular weight excluding hydrogens is 264 g/mol. The van der Waals surface area contributed by atoms with E-state index in [1.165, 1.54) is 6.07 Å². The first-order chi connectivity index (χ1) is 9.49. The van der Waals surface area contributed by atoms with E-state index in [2.05, 4.69) is 0 Å². The molecule has 0 bridgehead atoms. The van der Waals surface area contributed by atoms with E-state index in [1.54, 1.807) is 6.92 Å². The summed E-state index contributed by atoms with van der Waals surface area (Å²) in [6.07, 6.45) is 2.15. The van der Waals surface area contributed by atoms with Crippen LogP contribution in [0.15, 0.2) is 18.2 Å². The molecule has 3 nitrogen and oxygen atoms in total. The molecule has 5 heteroatoms. The number of hydrogen-bond acceptors (Lipinski definition) is 3. The number of ketones is 1. The van der Waals surface area contributed by atoms with Crippen LogP contribution in [-0.2, 0) is 4.74 Å². The van der Waals surface area contributed by atoms with Crippen molar-refractivity contribution in [3.63, 3.8) is 0 Å². The maximum atomic E-state index is 13.6. The first kappa shape index (κ1) is 15.1. The molecule has 0 N–H and O–H groups in total. The molecule has 2 atom stereocenters. The SMILES string of the molecule is CC(C(=O)c1ccc(F)cc1F)N(C)CC1CCCO1. The Balaban J connectivity index is 2.03. The van der Waals surface area contributed by atoms with E-state index in [0.29, 0.717) is 6.54 Å². The standard InChI is InChI=1S/C15H19F2NO2/c1-10(18(2)9-12-4-3-7-20-12)15(19)13-6-5-11(16)8-14(13)17/h5-6,8,10,12H,3-4,7,9H2,1-2H3. The van der Waals surface area contributed by atoms with Gasteiger partial charge in [-0.1, -0.05) is 0 Å². The van der Waals surface area contributed by atoms with Crippen molar-refractivity contribution >= 4 is 5.78 Å². The first-order valence-electron chi connectivity index (χ1n) is 6.80. The number of hydrogen-bond donors (Lipinski definition) is 0. The number of rotatable bonds is 5. The van der Waals surface area contributed by atoms with Gasteiger partial charge in [-0.05, 0) is 38.9 Å². The summed E-state index contributed by atoms with van der Waals surface area (Å²) >= 11 is 0. The maximum Gasteiger partial charge on any atom is 0.182 e. The number of ether oxygens (including phenoxy) is 1. The molecule has 0 aromatic heterocycles. The quantitative estimate of drug-likeness (QED) is 0.778. The van der Waals surface area contributed by atoms with Crippen molar-refractivity contribution in [1.82, 2.24) is 4.90 Å². The monoisotopic (exact) mass is 283 g/mol. The zero-order valence-corrected chi connectivity index (χ0v) is 11.7. The summed E-state index contributed by atoms with van der Waals surface area (Å²) in [5, 5.41) is 0. The van der Waals surface area contributed by atoms with E-state index in [-0.39, 0.29) is 17.5 Å². The Hall–Kier alpha value is -1.33. The summed E-state index contributed by atoms with van der Waals surface area (Å²) in [7, 11) is 1.81. The van der Waals surface area contributed by atoms with E-state index in [1.807, 2.05) is 11.9 Å². The molecule has 1 aromatic carbocycles. The van der Waals surface area contributed by atoms with Gasteiger partial charge in [0.15, 0.2) is 5.78 Å². The van der Waals surface area contributed by atoms with Crippen LogP contribution in [0.1, 0.15) is 30.1 Å². The second-order valence-corrected chi connectivity index (χ2v) is 5.24. The maximum absolute atomic E-state index is 13.6. The highest BCUT2D eigenvalue weighted by molar-refractivity contribution is 6.00. The third-order valence-electron chi connectivity index (χ3n) is 3.75. The molecule has 0 amide bonds.